The van der Waals surface area contributed by atoms with E-state index in [9.17, 15) is 0 Å². The molecule has 0 heterocycles. The Balaban J connectivity index is 2.61. The lowest BCUT2D eigenvalue weighted by Crippen LogP contribution is -1.92. The van der Waals surface area contributed by atoms with E-state index in [0.29, 0.717) is 0 Å². The van der Waals surface area contributed by atoms with E-state index in [2.05, 4.69) is 76.2 Å². The van der Waals surface area contributed by atoms with Crippen LogP contribution in [-0.2, 0) is 0 Å². The Morgan fingerprint density at radius 2 is 1.50 bits per heavy atom. The van der Waals surface area contributed by atoms with Crippen molar-refractivity contribution in [3.05, 3.63) is 64.7 Å². The number of rotatable bonds is 2. The van der Waals surface area contributed by atoms with Gasteiger partial charge in [-0.05, 0) is 61.1 Å². The molecular weight excluding hydrogens is 216 g/mol. The van der Waals surface area contributed by atoms with E-state index in [4.69, 9.17) is 0 Å². The van der Waals surface area contributed by atoms with Crippen molar-refractivity contribution in [2.75, 3.05) is 0 Å². The zero-order valence-electron chi connectivity index (χ0n) is 11.6. The van der Waals surface area contributed by atoms with Gasteiger partial charge in [0, 0.05) is 0 Å². The molecule has 0 N–H and O–H groups in total. The molecule has 2 rings (SSSR count). The second-order valence-electron chi connectivity index (χ2n) is 4.77. The Morgan fingerprint density at radius 3 is 2.17 bits per heavy atom. The van der Waals surface area contributed by atoms with Gasteiger partial charge in [-0.2, -0.15) is 0 Å². The zero-order valence-corrected chi connectivity index (χ0v) is 11.6. The van der Waals surface area contributed by atoms with Crippen LogP contribution in [0.25, 0.3) is 17.2 Å². The normalized spacial score (nSPS) is 11.1. The number of hydrogen-bond acceptors (Lipinski definition) is 0. The first-order valence-corrected chi connectivity index (χ1v) is 6.44. The van der Waals surface area contributed by atoms with Crippen molar-refractivity contribution in [3.63, 3.8) is 0 Å². The minimum Gasteiger partial charge on any atom is -0.0871 e. The molecule has 0 spiro atoms. The maximum absolute atomic E-state index is 2.24. The van der Waals surface area contributed by atoms with Crippen LogP contribution in [0.15, 0.2) is 42.5 Å². The third-order valence-corrected chi connectivity index (χ3v) is 3.61. The fourth-order valence-corrected chi connectivity index (χ4v) is 2.37. The summed E-state index contributed by atoms with van der Waals surface area (Å²) in [6.45, 7) is 8.64. The van der Waals surface area contributed by atoms with Crippen molar-refractivity contribution in [1.82, 2.24) is 0 Å². The van der Waals surface area contributed by atoms with Gasteiger partial charge in [-0.3, -0.25) is 0 Å². The monoisotopic (exact) mass is 236 g/mol. The van der Waals surface area contributed by atoms with Crippen LogP contribution in [0.5, 0.6) is 0 Å². The predicted octanol–water partition coefficient (Wildman–Crippen LogP) is 5.31. The van der Waals surface area contributed by atoms with Crippen LogP contribution in [0, 0.1) is 20.8 Å². The van der Waals surface area contributed by atoms with Gasteiger partial charge in [-0.1, -0.05) is 48.6 Å². The topological polar surface area (TPSA) is 0 Å². The molecule has 0 aliphatic heterocycles. The van der Waals surface area contributed by atoms with Crippen LogP contribution >= 0.6 is 0 Å². The highest BCUT2D eigenvalue weighted by atomic mass is 14.1. The summed E-state index contributed by atoms with van der Waals surface area (Å²) in [4.78, 5) is 0. The van der Waals surface area contributed by atoms with E-state index in [1.807, 2.05) is 0 Å². The minimum atomic E-state index is 1.31. The number of benzene rings is 2. The molecule has 0 aliphatic rings. The second-order valence-corrected chi connectivity index (χ2v) is 4.77. The van der Waals surface area contributed by atoms with Crippen molar-refractivity contribution in [3.8, 4) is 11.1 Å². The van der Waals surface area contributed by atoms with E-state index in [-0.39, 0.29) is 0 Å². The average Bonchev–Trinajstić information content (AvgIpc) is 2.37. The van der Waals surface area contributed by atoms with Crippen LogP contribution < -0.4 is 0 Å². The first kappa shape index (κ1) is 12.6. The Labute approximate surface area is 110 Å². The summed E-state index contributed by atoms with van der Waals surface area (Å²) in [6, 6.07) is 13.0. The molecule has 18 heavy (non-hydrogen) atoms. The van der Waals surface area contributed by atoms with Gasteiger partial charge >= 0.3 is 0 Å². The Hall–Kier alpha value is -1.82. The van der Waals surface area contributed by atoms with Crippen molar-refractivity contribution in [1.29, 1.82) is 0 Å². The SMILES string of the molecule is C/C=C\c1ccc(-c2ccccc2C)c(C)c1C. The quantitative estimate of drug-likeness (QED) is 0.662. The highest BCUT2D eigenvalue weighted by Gasteiger charge is 2.08. The molecule has 0 unspecified atom stereocenters. The van der Waals surface area contributed by atoms with Gasteiger partial charge < -0.3 is 0 Å². The van der Waals surface area contributed by atoms with Crippen LogP contribution in [0.4, 0.5) is 0 Å². The molecule has 0 aliphatic carbocycles. The highest BCUT2D eigenvalue weighted by molar-refractivity contribution is 5.74. The lowest BCUT2D eigenvalue weighted by Gasteiger charge is -2.13. The maximum Gasteiger partial charge on any atom is -0.0149 e. The van der Waals surface area contributed by atoms with Crippen molar-refractivity contribution in [2.45, 2.75) is 27.7 Å². The van der Waals surface area contributed by atoms with Gasteiger partial charge in [0.05, 0.1) is 0 Å². The summed E-state index contributed by atoms with van der Waals surface area (Å²) in [7, 11) is 0. The van der Waals surface area contributed by atoms with Crippen molar-refractivity contribution in [2.24, 2.45) is 0 Å². The number of allylic oxidation sites excluding steroid dienone is 1. The summed E-state index contributed by atoms with van der Waals surface area (Å²) in [5.41, 5.74) is 8.07. The fraction of sp³-hybridized carbons (Fsp3) is 0.222. The zero-order chi connectivity index (χ0) is 13.1. The van der Waals surface area contributed by atoms with Crippen molar-refractivity contribution < 1.29 is 0 Å². The standard InChI is InChI=1S/C18H20/c1-5-8-16-11-12-18(15(4)14(16)3)17-10-7-6-9-13(17)2/h5-12H,1-4H3/b8-5-. The van der Waals surface area contributed by atoms with Crippen LogP contribution in [0.2, 0.25) is 0 Å². The van der Waals surface area contributed by atoms with Crippen LogP contribution in [0.3, 0.4) is 0 Å². The fourth-order valence-electron chi connectivity index (χ4n) is 2.37. The Morgan fingerprint density at radius 1 is 0.778 bits per heavy atom. The van der Waals surface area contributed by atoms with E-state index >= 15 is 0 Å². The molecule has 2 aromatic rings. The molecule has 0 aromatic heterocycles. The molecule has 0 nitrogen and oxygen atoms in total. The lowest BCUT2D eigenvalue weighted by molar-refractivity contribution is 1.31. The van der Waals surface area contributed by atoms with Gasteiger partial charge in [0.2, 0.25) is 0 Å². The third kappa shape index (κ3) is 2.24. The first-order valence-electron chi connectivity index (χ1n) is 6.44. The smallest absolute Gasteiger partial charge is 0.0149 e. The Bertz CT molecular complexity index is 589. The molecule has 92 valence electrons. The van der Waals surface area contributed by atoms with Gasteiger partial charge in [-0.15, -0.1) is 0 Å². The molecule has 0 amide bonds. The van der Waals surface area contributed by atoms with Crippen LogP contribution in [0.1, 0.15) is 29.2 Å². The van der Waals surface area contributed by atoms with Gasteiger partial charge in [0.1, 0.15) is 0 Å². The molecule has 2 aromatic carbocycles. The summed E-state index contributed by atoms with van der Waals surface area (Å²) in [6.07, 6.45) is 4.26. The molecule has 0 saturated heterocycles. The Kier molecular flexibility index (Phi) is 3.66. The van der Waals surface area contributed by atoms with Gasteiger partial charge in [-0.25, -0.2) is 0 Å². The van der Waals surface area contributed by atoms with E-state index in [1.54, 1.807) is 0 Å². The average molecular weight is 236 g/mol. The summed E-state index contributed by atoms with van der Waals surface area (Å²) < 4.78 is 0. The molecule has 0 heteroatoms. The summed E-state index contributed by atoms with van der Waals surface area (Å²) in [5.74, 6) is 0. The molecule has 0 bridgehead atoms. The van der Waals surface area contributed by atoms with Crippen LogP contribution in [-0.4, -0.2) is 0 Å². The first-order chi connectivity index (χ1) is 8.65. The molecule has 0 saturated carbocycles. The summed E-state index contributed by atoms with van der Waals surface area (Å²) in [5, 5.41) is 0. The highest BCUT2D eigenvalue weighted by Crippen LogP contribution is 2.30. The van der Waals surface area contributed by atoms with E-state index in [1.165, 1.54) is 33.4 Å². The molecule has 0 atom stereocenters. The second kappa shape index (κ2) is 5.22. The van der Waals surface area contributed by atoms with E-state index < -0.39 is 0 Å². The number of hydrogen-bond donors (Lipinski definition) is 0. The molecule has 0 radical (unpaired) electrons. The van der Waals surface area contributed by atoms with Gasteiger partial charge in [0.25, 0.3) is 0 Å². The molecule has 0 fully saturated rings. The van der Waals surface area contributed by atoms with E-state index in [0.717, 1.165) is 0 Å². The summed E-state index contributed by atoms with van der Waals surface area (Å²) >= 11 is 0. The lowest BCUT2D eigenvalue weighted by atomic mass is 9.91. The third-order valence-electron chi connectivity index (χ3n) is 3.61. The largest absolute Gasteiger partial charge is 0.0871 e. The van der Waals surface area contributed by atoms with Crippen molar-refractivity contribution >= 4 is 6.08 Å². The number of aryl methyl sites for hydroxylation is 1. The van der Waals surface area contributed by atoms with Gasteiger partial charge in [0.15, 0.2) is 0 Å². The predicted molar refractivity (Wildman–Crippen MR) is 80.8 cm³/mol. The molecular formula is C18H20. The minimum absolute atomic E-state index is 1.31. The maximum atomic E-state index is 2.24.